The smallest absolute Gasteiger partial charge is 0.271 e. The molecule has 2 aromatic rings. The first-order chi connectivity index (χ1) is 9.99. The number of hydrogen-bond donors (Lipinski definition) is 3. The second-order valence-electron chi connectivity index (χ2n) is 5.19. The molecule has 6 nitrogen and oxygen atoms in total. The zero-order valence-electron chi connectivity index (χ0n) is 11.9. The molecule has 0 aliphatic heterocycles. The van der Waals surface area contributed by atoms with Crippen molar-refractivity contribution in [1.29, 1.82) is 0 Å². The van der Waals surface area contributed by atoms with E-state index in [1.165, 1.54) is 6.33 Å². The van der Waals surface area contributed by atoms with E-state index in [0.29, 0.717) is 13.0 Å². The molecule has 2 rings (SSSR count). The summed E-state index contributed by atoms with van der Waals surface area (Å²) in [5.74, 6) is -0.310. The van der Waals surface area contributed by atoms with E-state index >= 15 is 0 Å². The number of carbonyl (C=O) groups is 1. The van der Waals surface area contributed by atoms with Crippen LogP contribution in [0.1, 0.15) is 35.3 Å². The van der Waals surface area contributed by atoms with E-state index in [0.717, 1.165) is 5.56 Å². The Bertz CT molecular complexity index is 607. The SMILES string of the molecule is CC(O)CC(Cn1cnc(C(N)=O)c1N)c1ccccc1. The van der Waals surface area contributed by atoms with Crippen molar-refractivity contribution >= 4 is 11.7 Å². The third kappa shape index (κ3) is 3.61. The van der Waals surface area contributed by atoms with E-state index in [4.69, 9.17) is 11.5 Å². The monoisotopic (exact) mass is 288 g/mol. The highest BCUT2D eigenvalue weighted by molar-refractivity contribution is 5.95. The van der Waals surface area contributed by atoms with Gasteiger partial charge in [-0.05, 0) is 18.9 Å². The number of aliphatic hydroxyl groups excluding tert-OH is 1. The maximum atomic E-state index is 11.2. The Kier molecular flexibility index (Phi) is 4.59. The fourth-order valence-corrected chi connectivity index (χ4v) is 2.42. The van der Waals surface area contributed by atoms with E-state index in [-0.39, 0.29) is 17.4 Å². The van der Waals surface area contributed by atoms with Crippen LogP contribution in [0.3, 0.4) is 0 Å². The Hall–Kier alpha value is -2.34. The van der Waals surface area contributed by atoms with Crippen molar-refractivity contribution in [3.8, 4) is 0 Å². The van der Waals surface area contributed by atoms with Crippen molar-refractivity contribution in [2.75, 3.05) is 5.73 Å². The molecule has 5 N–H and O–H groups in total. The molecule has 0 saturated heterocycles. The minimum Gasteiger partial charge on any atom is -0.393 e. The van der Waals surface area contributed by atoms with Gasteiger partial charge in [0, 0.05) is 12.5 Å². The molecular weight excluding hydrogens is 268 g/mol. The van der Waals surface area contributed by atoms with Crippen LogP contribution < -0.4 is 11.5 Å². The van der Waals surface area contributed by atoms with Gasteiger partial charge < -0.3 is 21.1 Å². The lowest BCUT2D eigenvalue weighted by Gasteiger charge is -2.20. The van der Waals surface area contributed by atoms with Gasteiger partial charge in [0.15, 0.2) is 5.69 Å². The van der Waals surface area contributed by atoms with Gasteiger partial charge in [0.05, 0.1) is 12.4 Å². The third-order valence-corrected chi connectivity index (χ3v) is 3.43. The molecule has 1 amide bonds. The summed E-state index contributed by atoms with van der Waals surface area (Å²) in [6.45, 7) is 2.28. The number of benzene rings is 1. The Morgan fingerprint density at radius 2 is 2.05 bits per heavy atom. The van der Waals surface area contributed by atoms with Crippen LogP contribution in [0.25, 0.3) is 0 Å². The molecule has 0 aliphatic rings. The van der Waals surface area contributed by atoms with Gasteiger partial charge in [-0.15, -0.1) is 0 Å². The summed E-state index contributed by atoms with van der Waals surface area (Å²) < 4.78 is 1.69. The van der Waals surface area contributed by atoms with Crippen molar-refractivity contribution in [3.05, 3.63) is 47.9 Å². The molecule has 0 saturated carbocycles. The summed E-state index contributed by atoms with van der Waals surface area (Å²) in [7, 11) is 0. The zero-order chi connectivity index (χ0) is 15.4. The first kappa shape index (κ1) is 15.1. The van der Waals surface area contributed by atoms with Gasteiger partial charge in [-0.2, -0.15) is 0 Å². The van der Waals surface area contributed by atoms with E-state index in [1.807, 2.05) is 30.3 Å². The lowest BCUT2D eigenvalue weighted by atomic mass is 9.93. The van der Waals surface area contributed by atoms with Crippen LogP contribution in [-0.4, -0.2) is 26.7 Å². The highest BCUT2D eigenvalue weighted by Crippen LogP contribution is 2.25. The van der Waals surface area contributed by atoms with Crippen LogP contribution in [-0.2, 0) is 6.54 Å². The number of amides is 1. The van der Waals surface area contributed by atoms with E-state index < -0.39 is 12.0 Å². The maximum Gasteiger partial charge on any atom is 0.271 e. The molecule has 0 aliphatic carbocycles. The molecule has 0 bridgehead atoms. The normalized spacial score (nSPS) is 13.8. The molecule has 0 spiro atoms. The van der Waals surface area contributed by atoms with Gasteiger partial charge in [-0.1, -0.05) is 30.3 Å². The van der Waals surface area contributed by atoms with E-state index in [1.54, 1.807) is 11.5 Å². The van der Waals surface area contributed by atoms with Crippen molar-refractivity contribution in [1.82, 2.24) is 9.55 Å². The van der Waals surface area contributed by atoms with Gasteiger partial charge in [-0.3, -0.25) is 4.79 Å². The van der Waals surface area contributed by atoms with Crippen molar-refractivity contribution in [3.63, 3.8) is 0 Å². The predicted molar refractivity (Wildman–Crippen MR) is 80.6 cm³/mol. The van der Waals surface area contributed by atoms with E-state index in [2.05, 4.69) is 4.98 Å². The number of aliphatic hydroxyl groups is 1. The number of nitrogens with two attached hydrogens (primary N) is 2. The quantitative estimate of drug-likeness (QED) is 0.740. The van der Waals surface area contributed by atoms with E-state index in [9.17, 15) is 9.90 Å². The molecule has 1 aromatic carbocycles. The Morgan fingerprint density at radius 3 is 2.57 bits per heavy atom. The molecule has 2 unspecified atom stereocenters. The standard InChI is InChI=1S/C15H20N4O2/c1-10(20)7-12(11-5-3-2-4-6-11)8-19-9-18-13(14(19)16)15(17)21/h2-6,9-10,12,20H,7-8,16H2,1H3,(H2,17,21). The second kappa shape index (κ2) is 6.41. The number of carbonyl (C=O) groups excluding carboxylic acids is 1. The van der Waals surface area contributed by atoms with Crippen LogP contribution >= 0.6 is 0 Å². The molecule has 0 fully saturated rings. The summed E-state index contributed by atoms with van der Waals surface area (Å²) in [6.07, 6.45) is 1.66. The first-order valence-corrected chi connectivity index (χ1v) is 6.82. The Morgan fingerprint density at radius 1 is 1.38 bits per heavy atom. The number of nitrogens with zero attached hydrogens (tertiary/aromatic N) is 2. The van der Waals surface area contributed by atoms with Crippen molar-refractivity contribution < 1.29 is 9.90 Å². The predicted octanol–water partition coefficient (Wildman–Crippen LogP) is 1.12. The zero-order valence-corrected chi connectivity index (χ0v) is 11.9. The second-order valence-corrected chi connectivity index (χ2v) is 5.19. The first-order valence-electron chi connectivity index (χ1n) is 6.82. The lowest BCUT2D eigenvalue weighted by Crippen LogP contribution is -2.17. The minimum atomic E-state index is -0.641. The van der Waals surface area contributed by atoms with Crippen LogP contribution in [0.4, 0.5) is 5.82 Å². The number of aromatic nitrogens is 2. The van der Waals surface area contributed by atoms with Crippen LogP contribution in [0.5, 0.6) is 0 Å². The molecular formula is C15H20N4O2. The van der Waals surface area contributed by atoms with Gasteiger partial charge in [-0.25, -0.2) is 4.98 Å². The van der Waals surface area contributed by atoms with Crippen molar-refractivity contribution in [2.24, 2.45) is 5.73 Å². The summed E-state index contributed by atoms with van der Waals surface area (Å²) >= 11 is 0. The fourth-order valence-electron chi connectivity index (χ4n) is 2.42. The molecule has 1 aromatic heterocycles. The molecule has 0 radical (unpaired) electrons. The van der Waals surface area contributed by atoms with Gasteiger partial charge in [0.2, 0.25) is 0 Å². The summed E-state index contributed by atoms with van der Waals surface area (Å²) in [6, 6.07) is 9.87. The largest absolute Gasteiger partial charge is 0.393 e. The minimum absolute atomic E-state index is 0.0726. The summed E-state index contributed by atoms with van der Waals surface area (Å²) in [4.78, 5) is 15.1. The van der Waals surface area contributed by atoms with Crippen LogP contribution in [0, 0.1) is 0 Å². The lowest BCUT2D eigenvalue weighted by molar-refractivity contribution is 0.0997. The Balaban J connectivity index is 2.25. The molecule has 1 heterocycles. The number of primary amides is 1. The molecule has 6 heteroatoms. The van der Waals surface area contributed by atoms with Crippen LogP contribution in [0.15, 0.2) is 36.7 Å². The Labute approximate surface area is 123 Å². The van der Waals surface area contributed by atoms with Gasteiger partial charge >= 0.3 is 0 Å². The highest BCUT2D eigenvalue weighted by atomic mass is 16.3. The third-order valence-electron chi connectivity index (χ3n) is 3.43. The van der Waals surface area contributed by atoms with Crippen molar-refractivity contribution in [2.45, 2.75) is 31.9 Å². The number of imidazole rings is 1. The molecule has 112 valence electrons. The highest BCUT2D eigenvalue weighted by Gasteiger charge is 2.18. The average Bonchev–Trinajstić information content (AvgIpc) is 2.80. The summed E-state index contributed by atoms with van der Waals surface area (Å²) in [5.41, 5.74) is 12.3. The van der Waals surface area contributed by atoms with Gasteiger partial charge in [0.25, 0.3) is 5.91 Å². The van der Waals surface area contributed by atoms with Crippen LogP contribution in [0.2, 0.25) is 0 Å². The molecule has 2 atom stereocenters. The average molecular weight is 288 g/mol. The maximum absolute atomic E-state index is 11.2. The summed E-state index contributed by atoms with van der Waals surface area (Å²) in [5, 5.41) is 9.69. The van der Waals surface area contributed by atoms with Gasteiger partial charge in [0.1, 0.15) is 5.82 Å². The number of rotatable bonds is 6. The molecule has 21 heavy (non-hydrogen) atoms. The fraction of sp³-hybridized carbons (Fsp3) is 0.333. The number of hydrogen-bond acceptors (Lipinski definition) is 4. The number of anilines is 1. The topological polar surface area (TPSA) is 107 Å². The number of nitrogen functional groups attached to an aromatic ring is 1.